The van der Waals surface area contributed by atoms with Gasteiger partial charge in [-0.15, -0.1) is 0 Å². The van der Waals surface area contributed by atoms with Gasteiger partial charge in [0.05, 0.1) is 18.2 Å². The van der Waals surface area contributed by atoms with Gasteiger partial charge in [-0.3, -0.25) is 14.5 Å². The van der Waals surface area contributed by atoms with Gasteiger partial charge in [0.1, 0.15) is 40.3 Å². The smallest absolute Gasteiger partial charge is 0.261 e. The summed E-state index contributed by atoms with van der Waals surface area (Å²) in [5, 5.41) is 10.6. The fraction of sp³-hybridized carbons (Fsp3) is 0.500. The maximum absolute atomic E-state index is 15.3. The fourth-order valence-corrected chi connectivity index (χ4v) is 6.33. The molecule has 4 heterocycles. The first kappa shape index (κ1) is 26.2. The highest BCUT2D eigenvalue weighted by atomic mass is 35.5. The molecule has 2 aromatic rings. The minimum absolute atomic E-state index is 0.0125. The van der Waals surface area contributed by atoms with Crippen molar-refractivity contribution in [2.75, 3.05) is 64.9 Å². The molecule has 1 N–H and O–H groups in total. The minimum atomic E-state index is -2.42. The molecule has 2 saturated heterocycles. The predicted molar refractivity (Wildman–Crippen MR) is 158 cm³/mol. The van der Waals surface area contributed by atoms with Crippen molar-refractivity contribution in [2.45, 2.75) is 37.9 Å². The van der Waals surface area contributed by atoms with Crippen LogP contribution in [0.3, 0.4) is 0 Å². The summed E-state index contributed by atoms with van der Waals surface area (Å²) in [4.78, 5) is 38.0. The van der Waals surface area contributed by atoms with Gasteiger partial charge in [-0.25, -0.2) is 9.37 Å². The number of fused-ring (bicyclic) bond motifs is 2. The van der Waals surface area contributed by atoms with E-state index in [2.05, 4.69) is 6.58 Å². The van der Waals surface area contributed by atoms with Gasteiger partial charge in [0, 0.05) is 55.5 Å². The number of aromatic nitrogens is 1. The van der Waals surface area contributed by atoms with Crippen molar-refractivity contribution in [2.24, 2.45) is 0 Å². The third-order valence-corrected chi connectivity index (χ3v) is 8.61. The molecule has 42 heavy (non-hydrogen) atoms. The molecular formula is C30H37ClFN5O5. The highest BCUT2D eigenvalue weighted by Crippen LogP contribution is 2.48. The van der Waals surface area contributed by atoms with E-state index in [0.29, 0.717) is 6.42 Å². The van der Waals surface area contributed by atoms with E-state index in [1.807, 2.05) is 18.7 Å². The van der Waals surface area contributed by atoms with Crippen LogP contribution in [0.25, 0.3) is 11.3 Å². The molecule has 2 fully saturated rings. The molecule has 12 heteroatoms. The summed E-state index contributed by atoms with van der Waals surface area (Å²) in [7, 11) is 1.50. The Morgan fingerprint density at radius 1 is 1.38 bits per heavy atom. The number of amides is 2. The van der Waals surface area contributed by atoms with Crippen LogP contribution in [0.5, 0.6) is 11.5 Å². The zero-order valence-electron chi connectivity index (χ0n) is 26.9. The van der Waals surface area contributed by atoms with Crippen molar-refractivity contribution >= 4 is 29.2 Å². The Morgan fingerprint density at radius 3 is 2.86 bits per heavy atom. The molecule has 0 spiro atoms. The Balaban J connectivity index is 1.67. The number of rotatable bonds is 7. The van der Waals surface area contributed by atoms with E-state index in [0.717, 1.165) is 6.07 Å². The van der Waals surface area contributed by atoms with E-state index in [-0.39, 0.29) is 85.3 Å². The van der Waals surface area contributed by atoms with E-state index in [1.165, 1.54) is 30.2 Å². The van der Waals surface area contributed by atoms with E-state index in [9.17, 15) is 14.7 Å². The molecule has 2 atom stereocenters. The van der Waals surface area contributed by atoms with Crippen molar-refractivity contribution in [1.29, 1.82) is 0 Å². The summed E-state index contributed by atoms with van der Waals surface area (Å²) < 4.78 is 51.3. The number of halogens is 2. The first-order valence-corrected chi connectivity index (χ1v) is 14.2. The number of methoxy groups -OCH3 is 1. The van der Waals surface area contributed by atoms with Gasteiger partial charge in [-0.1, -0.05) is 24.2 Å². The van der Waals surface area contributed by atoms with Crippen LogP contribution < -0.4 is 9.64 Å². The van der Waals surface area contributed by atoms with Crippen molar-refractivity contribution in [3.05, 3.63) is 47.3 Å². The van der Waals surface area contributed by atoms with Gasteiger partial charge in [0.2, 0.25) is 5.91 Å². The van der Waals surface area contributed by atoms with Crippen molar-refractivity contribution < 1.29 is 32.7 Å². The third kappa shape index (κ3) is 5.29. The molecule has 1 aromatic heterocycles. The number of nitrogens with zero attached hydrogens (tertiary/aromatic N) is 5. The van der Waals surface area contributed by atoms with Gasteiger partial charge in [0.15, 0.2) is 5.75 Å². The number of carbonyl (C=O) groups is 2. The average Bonchev–Trinajstić information content (AvgIpc) is 3.20. The van der Waals surface area contributed by atoms with Crippen LogP contribution >= 0.6 is 11.6 Å². The van der Waals surface area contributed by atoms with Crippen LogP contribution in [0.1, 0.15) is 34.7 Å². The van der Waals surface area contributed by atoms with Gasteiger partial charge < -0.3 is 29.3 Å². The second kappa shape index (κ2) is 11.7. The Kier molecular flexibility index (Phi) is 7.31. The normalized spacial score (nSPS) is 23.0. The number of pyridine rings is 1. The molecule has 0 bridgehead atoms. The molecule has 0 saturated carbocycles. The lowest BCUT2D eigenvalue weighted by Crippen LogP contribution is -2.57. The van der Waals surface area contributed by atoms with Crippen LogP contribution in [0, 0.1) is 5.82 Å². The Hall–Kier alpha value is -3.41. The lowest BCUT2D eigenvalue weighted by atomic mass is 9.98. The number of hydrogen-bond donors (Lipinski definition) is 1. The summed E-state index contributed by atoms with van der Waals surface area (Å²) in [6.07, 6.45) is 1.62. The molecular weight excluding hydrogens is 565 g/mol. The molecule has 226 valence electrons. The van der Waals surface area contributed by atoms with Crippen LogP contribution in [0.15, 0.2) is 30.9 Å². The number of likely N-dealkylation sites (N-methyl/N-ethyl adjacent to an activating group) is 1. The maximum atomic E-state index is 15.3. The van der Waals surface area contributed by atoms with Gasteiger partial charge in [-0.2, -0.15) is 0 Å². The fourth-order valence-electron chi connectivity index (χ4n) is 6.05. The first-order chi connectivity index (χ1) is 21.2. The molecule has 3 aliphatic heterocycles. The molecule has 0 aliphatic carbocycles. The van der Waals surface area contributed by atoms with Crippen molar-refractivity contribution in [1.82, 2.24) is 19.7 Å². The Labute approximate surface area is 254 Å². The first-order valence-electron chi connectivity index (χ1n) is 15.3. The number of phenols is 1. The monoisotopic (exact) mass is 604 g/mol. The lowest BCUT2D eigenvalue weighted by molar-refractivity contribution is -0.128. The largest absolute Gasteiger partial charge is 0.507 e. The number of phenolic OH excluding ortho intramolecular Hbond substituents is 1. The standard InChI is InChI=1S/C30H37ClFN5O5/c1-6-22(39)35-10-11-36-19(15-35)17-42-27-24(29(36)40)28(33-26(25(27)31)23-20(32)8-7-9-21(23)38)37-16-18(14-30(37,2)3)34(4)12-13-41-5/h6-9,18-19,38H,1,10-17H2,2-5H3/t18?,19-/m1/s1/i4D3. The number of anilines is 1. The lowest BCUT2D eigenvalue weighted by Gasteiger charge is -2.40. The summed E-state index contributed by atoms with van der Waals surface area (Å²) >= 11 is 6.86. The quantitative estimate of drug-likeness (QED) is 0.480. The molecule has 0 radical (unpaired) electrons. The summed E-state index contributed by atoms with van der Waals surface area (Å²) in [5.41, 5.74) is -1.06. The topological polar surface area (TPSA) is 98.7 Å². The number of benzene rings is 1. The molecule has 3 aliphatic rings. The molecule has 10 nitrogen and oxygen atoms in total. The number of aromatic hydroxyl groups is 1. The van der Waals surface area contributed by atoms with Crippen LogP contribution in [0.4, 0.5) is 10.2 Å². The van der Waals surface area contributed by atoms with Gasteiger partial charge in [-0.05, 0) is 45.5 Å². The predicted octanol–water partition coefficient (Wildman–Crippen LogP) is 3.41. The number of hydrogen-bond acceptors (Lipinski definition) is 8. The summed E-state index contributed by atoms with van der Waals surface area (Å²) in [5.74, 6) is -1.77. The van der Waals surface area contributed by atoms with E-state index >= 15 is 4.39 Å². The SMILES string of the molecule is [2H]C([2H])([2H])N(CCOC)C1CN(c2nc(-c3c(O)cccc3F)c(Cl)c3c2C(=O)N2CCN(C(=O)C=C)C[C@@H]2CO3)C(C)(C)C1. The highest BCUT2D eigenvalue weighted by molar-refractivity contribution is 6.35. The molecule has 5 rings (SSSR count). The van der Waals surface area contributed by atoms with Gasteiger partial charge >= 0.3 is 0 Å². The highest BCUT2D eigenvalue weighted by Gasteiger charge is 2.46. The second-order valence-corrected chi connectivity index (χ2v) is 11.7. The average molecular weight is 605 g/mol. The Morgan fingerprint density at radius 2 is 2.17 bits per heavy atom. The van der Waals surface area contributed by atoms with E-state index < -0.39 is 42.1 Å². The van der Waals surface area contributed by atoms with Crippen LogP contribution in [0.2, 0.25) is 5.02 Å². The molecule has 1 unspecified atom stereocenters. The van der Waals surface area contributed by atoms with E-state index in [1.54, 1.807) is 9.80 Å². The summed E-state index contributed by atoms with van der Waals surface area (Å²) in [6, 6.07) is 2.81. The van der Waals surface area contributed by atoms with Crippen molar-refractivity contribution in [3.8, 4) is 22.8 Å². The van der Waals surface area contributed by atoms with Crippen LogP contribution in [-0.2, 0) is 9.53 Å². The maximum Gasteiger partial charge on any atom is 0.261 e. The van der Waals surface area contributed by atoms with Crippen LogP contribution in [-0.4, -0.2) is 114 Å². The summed E-state index contributed by atoms with van der Waals surface area (Å²) in [6.45, 7) is 6.17. The minimum Gasteiger partial charge on any atom is -0.507 e. The number of piperazine rings is 1. The van der Waals surface area contributed by atoms with E-state index in [4.69, 9.17) is 30.2 Å². The molecule has 2 amide bonds. The van der Waals surface area contributed by atoms with Gasteiger partial charge in [0.25, 0.3) is 5.91 Å². The zero-order chi connectivity index (χ0) is 32.8. The number of ether oxygens (including phenoxy) is 2. The second-order valence-electron chi connectivity index (χ2n) is 11.4. The van der Waals surface area contributed by atoms with Crippen molar-refractivity contribution in [3.63, 3.8) is 0 Å². The Bertz CT molecular complexity index is 1490. The molecule has 1 aromatic carbocycles. The zero-order valence-corrected chi connectivity index (χ0v) is 24.7. The third-order valence-electron chi connectivity index (χ3n) is 8.26. The number of carbonyl (C=O) groups excluding carboxylic acids is 2.